The molecule has 172 valence electrons. The highest BCUT2D eigenvalue weighted by atomic mass is 16.5. The Bertz CT molecular complexity index is 881. The Morgan fingerprint density at radius 3 is 1.78 bits per heavy atom. The molecule has 10 heteroatoms. The quantitative estimate of drug-likeness (QED) is 0.604. The Balaban J connectivity index is 1.18. The van der Waals surface area contributed by atoms with E-state index in [9.17, 15) is 9.59 Å². The van der Waals surface area contributed by atoms with E-state index < -0.39 is 5.41 Å². The van der Waals surface area contributed by atoms with E-state index in [2.05, 4.69) is 20.8 Å². The predicted molar refractivity (Wildman–Crippen MR) is 116 cm³/mol. The molecule has 0 radical (unpaired) electrons. The van der Waals surface area contributed by atoms with Gasteiger partial charge >= 0.3 is 0 Å². The molecule has 2 amide bonds. The number of amides is 2. The minimum Gasteiger partial charge on any atom is -0.381 e. The van der Waals surface area contributed by atoms with Crippen LogP contribution in [0.1, 0.15) is 32.1 Å². The number of hydrogen-bond acceptors (Lipinski definition) is 6. The van der Waals surface area contributed by atoms with Gasteiger partial charge in [0.25, 0.3) is 0 Å². The molecule has 2 saturated heterocycles. The van der Waals surface area contributed by atoms with E-state index in [4.69, 9.17) is 9.47 Å². The Morgan fingerprint density at radius 1 is 0.906 bits per heavy atom. The summed E-state index contributed by atoms with van der Waals surface area (Å²) < 4.78 is 14.5. The third-order valence-electron chi connectivity index (χ3n) is 6.78. The van der Waals surface area contributed by atoms with Crippen molar-refractivity contribution in [2.75, 3.05) is 37.1 Å². The minimum atomic E-state index is -1.08. The lowest BCUT2D eigenvalue weighted by Crippen LogP contribution is -2.51. The smallest absolute Gasteiger partial charge is 0.241 e. The van der Waals surface area contributed by atoms with Crippen LogP contribution in [0.25, 0.3) is 0 Å². The van der Waals surface area contributed by atoms with Crippen molar-refractivity contribution < 1.29 is 19.1 Å². The van der Waals surface area contributed by atoms with Crippen LogP contribution in [0.4, 0.5) is 11.6 Å². The average molecular weight is 443 g/mol. The van der Waals surface area contributed by atoms with Crippen LogP contribution in [0.2, 0.25) is 0 Å². The Labute approximate surface area is 186 Å². The number of rotatable bonds is 8. The van der Waals surface area contributed by atoms with E-state index in [0.717, 1.165) is 58.8 Å². The van der Waals surface area contributed by atoms with Gasteiger partial charge in [0, 0.05) is 62.7 Å². The highest BCUT2D eigenvalue weighted by molar-refractivity contribution is 6.14. The third-order valence-corrected chi connectivity index (χ3v) is 6.78. The van der Waals surface area contributed by atoms with Crippen LogP contribution in [0.15, 0.2) is 24.5 Å². The van der Waals surface area contributed by atoms with Crippen molar-refractivity contribution in [3.05, 3.63) is 24.5 Å². The number of hydrogen-bond donors (Lipinski definition) is 2. The number of nitrogens with zero attached hydrogens (tertiary/aromatic N) is 4. The van der Waals surface area contributed by atoms with E-state index in [1.165, 1.54) is 0 Å². The van der Waals surface area contributed by atoms with Crippen molar-refractivity contribution in [1.82, 2.24) is 19.6 Å². The topological polar surface area (TPSA) is 112 Å². The summed E-state index contributed by atoms with van der Waals surface area (Å²) in [6.07, 6.45) is 7.62. The number of carbonyl (C=O) groups excluding carboxylic acids is 2. The zero-order valence-corrected chi connectivity index (χ0v) is 18.2. The van der Waals surface area contributed by atoms with Crippen molar-refractivity contribution in [2.24, 2.45) is 17.3 Å². The molecule has 3 aliphatic rings. The Hall–Kier alpha value is -2.72. The van der Waals surface area contributed by atoms with Crippen LogP contribution in [-0.4, -0.2) is 57.8 Å². The molecule has 5 rings (SSSR count). The summed E-state index contributed by atoms with van der Waals surface area (Å²) in [6.45, 7) is 4.60. The first-order valence-corrected chi connectivity index (χ1v) is 11.5. The SMILES string of the molecule is O=C(Nc1ccn(CC2CCOC2)n1)C1(C(=O)Nc2ccn(CC3CCOC3)n2)CCC1. The summed E-state index contributed by atoms with van der Waals surface area (Å²) in [4.78, 5) is 26.1. The molecule has 1 aliphatic carbocycles. The molecular weight excluding hydrogens is 412 g/mol. The number of anilines is 2. The van der Waals surface area contributed by atoms with Gasteiger partial charge in [0.1, 0.15) is 5.41 Å². The Kier molecular flexibility index (Phi) is 5.97. The van der Waals surface area contributed by atoms with E-state index in [-0.39, 0.29) is 11.8 Å². The molecule has 0 spiro atoms. The molecule has 1 saturated carbocycles. The monoisotopic (exact) mass is 442 g/mol. The molecule has 32 heavy (non-hydrogen) atoms. The summed E-state index contributed by atoms with van der Waals surface area (Å²) in [6, 6.07) is 3.54. The Morgan fingerprint density at radius 2 is 1.41 bits per heavy atom. The molecule has 0 aromatic carbocycles. The fourth-order valence-electron chi connectivity index (χ4n) is 4.60. The molecule has 2 N–H and O–H groups in total. The molecule has 4 heterocycles. The molecule has 2 aromatic rings. The molecular formula is C22H30N6O4. The summed E-state index contributed by atoms with van der Waals surface area (Å²) >= 11 is 0. The largest absolute Gasteiger partial charge is 0.381 e. The number of nitrogens with one attached hydrogen (secondary N) is 2. The predicted octanol–water partition coefficient (Wildman–Crippen LogP) is 1.90. The van der Waals surface area contributed by atoms with Crippen LogP contribution in [0, 0.1) is 17.3 Å². The van der Waals surface area contributed by atoms with E-state index >= 15 is 0 Å². The van der Waals surface area contributed by atoms with Gasteiger partial charge in [0.15, 0.2) is 11.6 Å². The second-order valence-corrected chi connectivity index (χ2v) is 9.15. The van der Waals surface area contributed by atoms with Crippen molar-refractivity contribution in [2.45, 2.75) is 45.2 Å². The highest BCUT2D eigenvalue weighted by Gasteiger charge is 2.51. The first-order valence-electron chi connectivity index (χ1n) is 11.5. The fraction of sp³-hybridized carbons (Fsp3) is 0.636. The normalized spacial score (nSPS) is 24.2. The van der Waals surface area contributed by atoms with E-state index in [0.29, 0.717) is 36.3 Å². The van der Waals surface area contributed by atoms with Gasteiger partial charge < -0.3 is 20.1 Å². The van der Waals surface area contributed by atoms with Crippen LogP contribution in [0.5, 0.6) is 0 Å². The third kappa shape index (κ3) is 4.42. The molecule has 2 aromatic heterocycles. The van der Waals surface area contributed by atoms with Crippen molar-refractivity contribution in [3.8, 4) is 0 Å². The molecule has 2 atom stereocenters. The van der Waals surface area contributed by atoms with Gasteiger partial charge in [-0.25, -0.2) is 0 Å². The summed E-state index contributed by atoms with van der Waals surface area (Å²) in [7, 11) is 0. The van der Waals surface area contributed by atoms with Crippen molar-refractivity contribution in [3.63, 3.8) is 0 Å². The molecule has 2 unspecified atom stereocenters. The van der Waals surface area contributed by atoms with Crippen LogP contribution < -0.4 is 10.6 Å². The van der Waals surface area contributed by atoms with Gasteiger partial charge in [0.2, 0.25) is 11.8 Å². The van der Waals surface area contributed by atoms with Crippen molar-refractivity contribution in [1.29, 1.82) is 0 Å². The summed E-state index contributed by atoms with van der Waals surface area (Å²) in [5.41, 5.74) is -1.08. The fourth-order valence-corrected chi connectivity index (χ4v) is 4.60. The second kappa shape index (κ2) is 9.03. The first-order chi connectivity index (χ1) is 15.6. The molecule has 10 nitrogen and oxygen atoms in total. The number of carbonyl (C=O) groups is 2. The maximum atomic E-state index is 13.1. The van der Waals surface area contributed by atoms with Crippen LogP contribution >= 0.6 is 0 Å². The highest BCUT2D eigenvalue weighted by Crippen LogP contribution is 2.42. The molecule has 3 fully saturated rings. The zero-order chi connectivity index (χ0) is 22.0. The maximum Gasteiger partial charge on any atom is 0.241 e. The average Bonchev–Trinajstić information content (AvgIpc) is 3.52. The number of ether oxygens (including phenoxy) is 2. The van der Waals surface area contributed by atoms with E-state index in [1.807, 2.05) is 21.8 Å². The zero-order valence-electron chi connectivity index (χ0n) is 18.2. The van der Waals surface area contributed by atoms with Crippen molar-refractivity contribution >= 4 is 23.5 Å². The summed E-state index contributed by atoms with van der Waals surface area (Å²) in [5, 5.41) is 14.6. The van der Waals surface area contributed by atoms with Gasteiger partial charge in [-0.15, -0.1) is 0 Å². The number of aromatic nitrogens is 4. The van der Waals surface area contributed by atoms with Gasteiger partial charge in [0.05, 0.1) is 13.2 Å². The van der Waals surface area contributed by atoms with Gasteiger partial charge in [-0.1, -0.05) is 6.42 Å². The molecule has 2 aliphatic heterocycles. The lowest BCUT2D eigenvalue weighted by Gasteiger charge is -2.37. The van der Waals surface area contributed by atoms with Crippen LogP contribution in [0.3, 0.4) is 0 Å². The van der Waals surface area contributed by atoms with Gasteiger partial charge in [-0.05, 0) is 25.7 Å². The van der Waals surface area contributed by atoms with Crippen LogP contribution in [-0.2, 0) is 32.2 Å². The lowest BCUT2D eigenvalue weighted by molar-refractivity contribution is -0.142. The second-order valence-electron chi connectivity index (χ2n) is 9.15. The summed E-state index contributed by atoms with van der Waals surface area (Å²) in [5.74, 6) is 1.22. The van der Waals surface area contributed by atoms with Gasteiger partial charge in [-0.2, -0.15) is 10.2 Å². The van der Waals surface area contributed by atoms with Gasteiger partial charge in [-0.3, -0.25) is 19.0 Å². The first kappa shape index (κ1) is 21.1. The minimum absolute atomic E-state index is 0.307. The standard InChI is InChI=1S/C22H30N6O4/c29-20(23-18-2-8-27(25-18)12-16-4-10-31-14-16)22(6-1-7-22)21(30)24-19-3-9-28(26-19)13-17-5-11-32-15-17/h2-3,8-9,16-17H,1,4-7,10-15H2,(H,23,25,29)(H,24,26,30). The van der Waals surface area contributed by atoms with E-state index in [1.54, 1.807) is 12.1 Å². The molecule has 0 bridgehead atoms. The lowest BCUT2D eigenvalue weighted by atomic mass is 9.67. The maximum absolute atomic E-state index is 13.1.